The molecule has 1 heterocycles. The summed E-state index contributed by atoms with van der Waals surface area (Å²) < 4.78 is 0. The number of benzene rings is 1. The number of likely N-dealkylation sites (tertiary alicyclic amines) is 1. The summed E-state index contributed by atoms with van der Waals surface area (Å²) in [6.45, 7) is 4.40. The van der Waals surface area contributed by atoms with Gasteiger partial charge in [0.25, 0.3) is 0 Å². The maximum absolute atomic E-state index is 12.3. The van der Waals surface area contributed by atoms with Crippen LogP contribution in [0, 0.1) is 0 Å². The van der Waals surface area contributed by atoms with E-state index >= 15 is 0 Å². The van der Waals surface area contributed by atoms with Gasteiger partial charge in [-0.1, -0.05) is 12.1 Å². The number of carbonyl (C=O) groups is 2. The van der Waals surface area contributed by atoms with Crippen molar-refractivity contribution in [2.45, 2.75) is 51.6 Å². The van der Waals surface area contributed by atoms with Gasteiger partial charge in [-0.2, -0.15) is 0 Å². The summed E-state index contributed by atoms with van der Waals surface area (Å²) in [7, 11) is 0. The molecular formula is C17H24N2O3. The fourth-order valence-corrected chi connectivity index (χ4v) is 3.00. The van der Waals surface area contributed by atoms with Crippen molar-refractivity contribution >= 4 is 11.8 Å². The minimum Gasteiger partial charge on any atom is -0.508 e. The molecule has 2 amide bonds. The van der Waals surface area contributed by atoms with Crippen LogP contribution in [0.5, 0.6) is 5.75 Å². The van der Waals surface area contributed by atoms with Gasteiger partial charge < -0.3 is 15.3 Å². The molecule has 2 rings (SSSR count). The molecule has 0 aromatic heterocycles. The van der Waals surface area contributed by atoms with E-state index in [9.17, 15) is 14.7 Å². The SMILES string of the molecule is CC1CCCC(C)N1C(=O)C(=O)NCCc1ccc(O)cc1. The van der Waals surface area contributed by atoms with Gasteiger partial charge in [0.05, 0.1) is 0 Å². The molecule has 0 aliphatic carbocycles. The van der Waals surface area contributed by atoms with Gasteiger partial charge in [0.1, 0.15) is 5.75 Å². The topological polar surface area (TPSA) is 69.6 Å². The Kier molecular flexibility index (Phi) is 5.41. The summed E-state index contributed by atoms with van der Waals surface area (Å²) in [6, 6.07) is 7.08. The first-order chi connectivity index (χ1) is 10.5. The van der Waals surface area contributed by atoms with Gasteiger partial charge >= 0.3 is 11.8 Å². The molecule has 1 aromatic carbocycles. The quantitative estimate of drug-likeness (QED) is 0.837. The van der Waals surface area contributed by atoms with Crippen LogP contribution in [-0.2, 0) is 16.0 Å². The van der Waals surface area contributed by atoms with Crippen LogP contribution in [0.1, 0.15) is 38.7 Å². The van der Waals surface area contributed by atoms with E-state index in [1.165, 1.54) is 0 Å². The number of nitrogens with one attached hydrogen (secondary N) is 1. The van der Waals surface area contributed by atoms with Gasteiger partial charge in [0, 0.05) is 18.6 Å². The predicted molar refractivity (Wildman–Crippen MR) is 84.4 cm³/mol. The molecule has 2 unspecified atom stereocenters. The van der Waals surface area contributed by atoms with Crippen molar-refractivity contribution < 1.29 is 14.7 Å². The van der Waals surface area contributed by atoms with Crippen LogP contribution in [-0.4, -0.2) is 40.4 Å². The van der Waals surface area contributed by atoms with Crippen molar-refractivity contribution in [2.24, 2.45) is 0 Å². The van der Waals surface area contributed by atoms with E-state index in [2.05, 4.69) is 5.32 Å². The van der Waals surface area contributed by atoms with E-state index in [-0.39, 0.29) is 17.8 Å². The van der Waals surface area contributed by atoms with E-state index in [0.29, 0.717) is 13.0 Å². The molecule has 1 fully saturated rings. The Bertz CT molecular complexity index is 517. The van der Waals surface area contributed by atoms with Crippen LogP contribution < -0.4 is 5.32 Å². The first kappa shape index (κ1) is 16.3. The Morgan fingerprint density at radius 2 is 1.77 bits per heavy atom. The minimum atomic E-state index is -0.528. The predicted octanol–water partition coefficient (Wildman–Crippen LogP) is 1.84. The molecule has 5 nitrogen and oxygen atoms in total. The van der Waals surface area contributed by atoms with Crippen molar-refractivity contribution in [3.8, 4) is 5.75 Å². The van der Waals surface area contributed by atoms with Gasteiger partial charge in [-0.3, -0.25) is 9.59 Å². The standard InChI is InChI=1S/C17H24N2O3/c1-12-4-3-5-13(2)19(12)17(22)16(21)18-11-10-14-6-8-15(20)9-7-14/h6-9,12-13,20H,3-5,10-11H2,1-2H3,(H,18,21). The summed E-state index contributed by atoms with van der Waals surface area (Å²) in [5, 5.41) is 11.9. The Morgan fingerprint density at radius 1 is 1.18 bits per heavy atom. The van der Waals surface area contributed by atoms with Gasteiger partial charge in [0.2, 0.25) is 0 Å². The number of hydrogen-bond donors (Lipinski definition) is 2. The lowest BCUT2D eigenvalue weighted by Crippen LogP contribution is -2.53. The molecule has 120 valence electrons. The normalized spacial score (nSPS) is 21.5. The minimum absolute atomic E-state index is 0.124. The van der Waals surface area contributed by atoms with Crippen LogP contribution in [0.2, 0.25) is 0 Å². The number of piperidine rings is 1. The first-order valence-electron chi connectivity index (χ1n) is 7.87. The zero-order valence-electron chi connectivity index (χ0n) is 13.2. The lowest BCUT2D eigenvalue weighted by molar-refractivity contribution is -0.150. The first-order valence-corrected chi connectivity index (χ1v) is 7.87. The molecule has 0 radical (unpaired) electrons. The summed E-state index contributed by atoms with van der Waals surface area (Å²) in [5.74, 6) is -0.735. The van der Waals surface area contributed by atoms with Crippen LogP contribution >= 0.6 is 0 Å². The van der Waals surface area contributed by atoms with E-state index in [4.69, 9.17) is 0 Å². The second-order valence-corrected chi connectivity index (χ2v) is 6.01. The number of amides is 2. The van der Waals surface area contributed by atoms with E-state index < -0.39 is 11.8 Å². The molecule has 2 N–H and O–H groups in total. The van der Waals surface area contributed by atoms with E-state index in [0.717, 1.165) is 24.8 Å². The number of nitrogens with zero attached hydrogens (tertiary/aromatic N) is 1. The zero-order valence-corrected chi connectivity index (χ0v) is 13.2. The number of hydrogen-bond acceptors (Lipinski definition) is 3. The fourth-order valence-electron chi connectivity index (χ4n) is 3.00. The Morgan fingerprint density at radius 3 is 2.36 bits per heavy atom. The molecule has 2 atom stereocenters. The van der Waals surface area contributed by atoms with Crippen LogP contribution in [0.3, 0.4) is 0 Å². The van der Waals surface area contributed by atoms with Crippen molar-refractivity contribution in [2.75, 3.05) is 6.54 Å². The van der Waals surface area contributed by atoms with E-state index in [1.54, 1.807) is 29.2 Å². The highest BCUT2D eigenvalue weighted by Gasteiger charge is 2.32. The van der Waals surface area contributed by atoms with Crippen molar-refractivity contribution in [1.29, 1.82) is 0 Å². The molecule has 1 aliphatic rings. The molecule has 1 saturated heterocycles. The average Bonchev–Trinajstić information content (AvgIpc) is 2.49. The highest BCUT2D eigenvalue weighted by molar-refractivity contribution is 6.35. The second kappa shape index (κ2) is 7.29. The van der Waals surface area contributed by atoms with Crippen molar-refractivity contribution in [1.82, 2.24) is 10.2 Å². The van der Waals surface area contributed by atoms with Gasteiger partial charge in [-0.15, -0.1) is 0 Å². The number of phenolic OH excluding ortho intramolecular Hbond substituents is 1. The lowest BCUT2D eigenvalue weighted by Gasteiger charge is -2.38. The molecular weight excluding hydrogens is 280 g/mol. The monoisotopic (exact) mass is 304 g/mol. The average molecular weight is 304 g/mol. The van der Waals surface area contributed by atoms with Crippen molar-refractivity contribution in [3.63, 3.8) is 0 Å². The third-order valence-corrected chi connectivity index (χ3v) is 4.26. The molecule has 0 bridgehead atoms. The second-order valence-electron chi connectivity index (χ2n) is 6.01. The molecule has 22 heavy (non-hydrogen) atoms. The zero-order chi connectivity index (χ0) is 16.1. The highest BCUT2D eigenvalue weighted by atomic mass is 16.3. The van der Waals surface area contributed by atoms with Gasteiger partial charge in [0.15, 0.2) is 0 Å². The molecule has 1 aliphatic heterocycles. The van der Waals surface area contributed by atoms with Gasteiger partial charge in [-0.25, -0.2) is 0 Å². The summed E-state index contributed by atoms with van der Waals surface area (Å²) >= 11 is 0. The smallest absolute Gasteiger partial charge is 0.312 e. The summed E-state index contributed by atoms with van der Waals surface area (Å²) in [6.07, 6.45) is 3.65. The molecule has 0 spiro atoms. The third kappa shape index (κ3) is 4.00. The van der Waals surface area contributed by atoms with Crippen LogP contribution in [0.25, 0.3) is 0 Å². The maximum atomic E-state index is 12.3. The van der Waals surface area contributed by atoms with Crippen LogP contribution in [0.15, 0.2) is 24.3 Å². The number of phenols is 1. The largest absolute Gasteiger partial charge is 0.508 e. The maximum Gasteiger partial charge on any atom is 0.312 e. The third-order valence-electron chi connectivity index (χ3n) is 4.26. The summed E-state index contributed by atoms with van der Waals surface area (Å²) in [4.78, 5) is 26.0. The molecule has 5 heteroatoms. The highest BCUT2D eigenvalue weighted by Crippen LogP contribution is 2.22. The molecule has 1 aromatic rings. The fraction of sp³-hybridized carbons (Fsp3) is 0.529. The Balaban J connectivity index is 1.83. The lowest BCUT2D eigenvalue weighted by atomic mass is 9.97. The van der Waals surface area contributed by atoms with E-state index in [1.807, 2.05) is 13.8 Å². The van der Waals surface area contributed by atoms with Crippen LogP contribution in [0.4, 0.5) is 0 Å². The van der Waals surface area contributed by atoms with Crippen molar-refractivity contribution in [3.05, 3.63) is 29.8 Å². The van der Waals surface area contributed by atoms with Gasteiger partial charge in [-0.05, 0) is 57.2 Å². The summed E-state index contributed by atoms with van der Waals surface area (Å²) in [5.41, 5.74) is 1.00. The Labute approximate surface area is 131 Å². The Hall–Kier alpha value is -2.04. The number of rotatable bonds is 3. The number of carbonyl (C=O) groups excluding carboxylic acids is 2. The molecule has 0 saturated carbocycles. The number of aromatic hydroxyl groups is 1.